The fourth-order valence-corrected chi connectivity index (χ4v) is 4.06. The van der Waals surface area contributed by atoms with Crippen molar-refractivity contribution in [2.45, 2.75) is 87.1 Å². The van der Waals surface area contributed by atoms with Gasteiger partial charge in [-0.05, 0) is 51.2 Å². The molecule has 0 amide bonds. The summed E-state index contributed by atoms with van der Waals surface area (Å²) in [6, 6.07) is 0.544. The quantitative estimate of drug-likeness (QED) is 0.360. The van der Waals surface area contributed by atoms with Crippen molar-refractivity contribution in [1.29, 1.82) is 0 Å². The molecular weight excluding hydrogens is 304 g/mol. The fraction of sp³-hybridized carbons (Fsp3) is 0.696. The lowest BCUT2D eigenvalue weighted by molar-refractivity contribution is -0.869. The third-order valence-electron chi connectivity index (χ3n) is 5.35. The molecule has 0 saturated heterocycles. The predicted molar refractivity (Wildman–Crippen MR) is 112 cm³/mol. The Balaban J connectivity index is 3.48. The number of allylic oxidation sites excluding steroid dienone is 3. The standard InChI is InChI=1S/C23H42N2/c1-10-16-24(12-3)21-18-20(6)25(17-11-2,19(4)5)22(21)14-13-15-23(7,8)9/h12,14,18-19H,3,10-11,13,15-17H2,1-2,4-9H3/q+2. The zero-order valence-corrected chi connectivity index (χ0v) is 18.2. The Morgan fingerprint density at radius 1 is 1.20 bits per heavy atom. The van der Waals surface area contributed by atoms with E-state index in [9.17, 15) is 0 Å². The summed E-state index contributed by atoms with van der Waals surface area (Å²) in [6.45, 7) is 24.9. The molecule has 0 radical (unpaired) electrons. The molecule has 0 N–H and O–H groups in total. The second-order valence-electron chi connectivity index (χ2n) is 8.92. The van der Waals surface area contributed by atoms with Gasteiger partial charge in [-0.1, -0.05) is 34.6 Å². The average molecular weight is 347 g/mol. The maximum atomic E-state index is 4.08. The van der Waals surface area contributed by atoms with E-state index in [2.05, 4.69) is 78.7 Å². The van der Waals surface area contributed by atoms with Crippen molar-refractivity contribution in [3.05, 3.63) is 36.3 Å². The molecule has 1 aliphatic rings. The van der Waals surface area contributed by atoms with Crippen molar-refractivity contribution in [2.24, 2.45) is 5.41 Å². The zero-order chi connectivity index (χ0) is 19.3. The van der Waals surface area contributed by atoms with Gasteiger partial charge in [0.25, 0.3) is 5.71 Å². The summed E-state index contributed by atoms with van der Waals surface area (Å²) in [5.41, 5.74) is 4.70. The SMILES string of the molecule is C=C[N+](CCC)=C1C=C(C)[N+](CCC)(C(C)C)C1=CCCC(C)(C)C. The molecule has 1 unspecified atom stereocenters. The summed E-state index contributed by atoms with van der Waals surface area (Å²) in [5.74, 6) is 0. The monoisotopic (exact) mass is 346 g/mol. The first-order valence-electron chi connectivity index (χ1n) is 10.2. The zero-order valence-electron chi connectivity index (χ0n) is 18.2. The van der Waals surface area contributed by atoms with Crippen LogP contribution in [0.3, 0.4) is 0 Å². The summed E-state index contributed by atoms with van der Waals surface area (Å²) in [7, 11) is 0. The van der Waals surface area contributed by atoms with Gasteiger partial charge >= 0.3 is 0 Å². The molecule has 0 spiro atoms. The molecule has 1 heterocycles. The van der Waals surface area contributed by atoms with Crippen LogP contribution in [0, 0.1) is 5.41 Å². The highest BCUT2D eigenvalue weighted by atomic mass is 15.4. The summed E-state index contributed by atoms with van der Waals surface area (Å²) >= 11 is 0. The van der Waals surface area contributed by atoms with Gasteiger partial charge in [-0.25, -0.2) is 0 Å². The van der Waals surface area contributed by atoms with Gasteiger partial charge in [-0.3, -0.25) is 4.48 Å². The van der Waals surface area contributed by atoms with Crippen molar-refractivity contribution in [2.75, 3.05) is 13.1 Å². The topological polar surface area (TPSA) is 3.01 Å². The lowest BCUT2D eigenvalue weighted by atomic mass is 9.90. The largest absolute Gasteiger partial charge is 0.272 e. The minimum atomic E-state index is 0.373. The summed E-state index contributed by atoms with van der Waals surface area (Å²) in [4.78, 5) is 0. The van der Waals surface area contributed by atoms with Crippen LogP contribution < -0.4 is 0 Å². The van der Waals surface area contributed by atoms with Crippen LogP contribution in [0.5, 0.6) is 0 Å². The molecule has 0 aromatic rings. The second kappa shape index (κ2) is 8.98. The smallest absolute Gasteiger partial charge is 0.255 e. The van der Waals surface area contributed by atoms with Crippen LogP contribution in [0.4, 0.5) is 0 Å². The molecule has 142 valence electrons. The van der Waals surface area contributed by atoms with Crippen molar-refractivity contribution >= 4 is 5.71 Å². The maximum absolute atomic E-state index is 4.08. The van der Waals surface area contributed by atoms with E-state index in [1.54, 1.807) is 0 Å². The molecule has 0 fully saturated rings. The molecular formula is C23H42N2+2. The predicted octanol–water partition coefficient (Wildman–Crippen LogP) is 6.26. The van der Waals surface area contributed by atoms with E-state index in [-0.39, 0.29) is 0 Å². The normalized spacial score (nSPS) is 24.8. The molecule has 1 rings (SSSR count). The molecule has 1 aliphatic heterocycles. The van der Waals surface area contributed by atoms with Gasteiger partial charge < -0.3 is 0 Å². The number of rotatable bonds is 8. The van der Waals surface area contributed by atoms with Gasteiger partial charge in [0.15, 0.2) is 6.20 Å². The number of hydrogen-bond acceptors (Lipinski definition) is 0. The summed E-state index contributed by atoms with van der Waals surface area (Å²) < 4.78 is 3.36. The highest BCUT2D eigenvalue weighted by Crippen LogP contribution is 2.38. The second-order valence-corrected chi connectivity index (χ2v) is 8.92. The van der Waals surface area contributed by atoms with Crippen LogP contribution in [0.2, 0.25) is 0 Å². The summed E-state index contributed by atoms with van der Waals surface area (Å²) in [5, 5.41) is 0. The third-order valence-corrected chi connectivity index (χ3v) is 5.35. The van der Waals surface area contributed by atoms with E-state index >= 15 is 0 Å². The number of quaternary nitrogens is 1. The molecule has 0 aromatic heterocycles. The maximum Gasteiger partial charge on any atom is 0.272 e. The molecule has 2 nitrogen and oxygen atoms in total. The first kappa shape index (κ1) is 21.9. The fourth-order valence-electron chi connectivity index (χ4n) is 4.06. The molecule has 0 aromatic carbocycles. The van der Waals surface area contributed by atoms with Crippen molar-refractivity contribution < 1.29 is 9.06 Å². The van der Waals surface area contributed by atoms with Gasteiger partial charge in [0.2, 0.25) is 5.70 Å². The first-order chi connectivity index (χ1) is 11.6. The van der Waals surface area contributed by atoms with Crippen LogP contribution in [0.25, 0.3) is 0 Å². The first-order valence-corrected chi connectivity index (χ1v) is 10.2. The Kier molecular flexibility index (Phi) is 7.87. The van der Waals surface area contributed by atoms with E-state index in [1.165, 1.54) is 36.5 Å². The van der Waals surface area contributed by atoms with E-state index in [0.717, 1.165) is 23.9 Å². The third kappa shape index (κ3) is 4.94. The van der Waals surface area contributed by atoms with Crippen molar-refractivity contribution in [1.82, 2.24) is 0 Å². The van der Waals surface area contributed by atoms with Gasteiger partial charge in [0.05, 0.1) is 18.7 Å². The van der Waals surface area contributed by atoms with E-state index < -0.39 is 0 Å². The van der Waals surface area contributed by atoms with Gasteiger partial charge in [0, 0.05) is 13.3 Å². The average Bonchev–Trinajstić information content (AvgIpc) is 2.78. The van der Waals surface area contributed by atoms with Crippen LogP contribution >= 0.6 is 0 Å². The number of nitrogens with zero attached hydrogens (tertiary/aromatic N) is 2. The Morgan fingerprint density at radius 2 is 1.84 bits per heavy atom. The van der Waals surface area contributed by atoms with Gasteiger partial charge in [-0.2, -0.15) is 4.58 Å². The molecule has 1 atom stereocenters. The minimum absolute atomic E-state index is 0.373. The van der Waals surface area contributed by atoms with E-state index in [4.69, 9.17) is 0 Å². The van der Waals surface area contributed by atoms with Crippen molar-refractivity contribution in [3.63, 3.8) is 0 Å². The lowest BCUT2D eigenvalue weighted by Gasteiger charge is -2.39. The van der Waals surface area contributed by atoms with Gasteiger partial charge in [0.1, 0.15) is 12.2 Å². The number of hydrogen-bond donors (Lipinski definition) is 0. The van der Waals surface area contributed by atoms with Crippen LogP contribution in [-0.2, 0) is 0 Å². The lowest BCUT2D eigenvalue weighted by Crippen LogP contribution is -2.50. The molecule has 25 heavy (non-hydrogen) atoms. The Bertz CT molecular complexity index is 555. The van der Waals surface area contributed by atoms with Crippen LogP contribution in [0.1, 0.15) is 81.1 Å². The molecule has 0 saturated carbocycles. The van der Waals surface area contributed by atoms with E-state index in [1.807, 2.05) is 6.20 Å². The Morgan fingerprint density at radius 3 is 2.28 bits per heavy atom. The summed E-state index contributed by atoms with van der Waals surface area (Å²) in [6.07, 6.45) is 11.6. The van der Waals surface area contributed by atoms with Gasteiger partial charge in [-0.15, -0.1) is 0 Å². The molecule has 0 bridgehead atoms. The minimum Gasteiger partial charge on any atom is -0.255 e. The van der Waals surface area contributed by atoms with Crippen molar-refractivity contribution in [3.8, 4) is 0 Å². The van der Waals surface area contributed by atoms with Crippen LogP contribution in [0.15, 0.2) is 36.3 Å². The molecule has 0 aliphatic carbocycles. The van der Waals surface area contributed by atoms with E-state index in [0.29, 0.717) is 11.5 Å². The van der Waals surface area contributed by atoms with Crippen LogP contribution in [-0.4, -0.2) is 33.9 Å². The Hall–Kier alpha value is -1.15. The molecule has 2 heteroatoms. The highest BCUT2D eigenvalue weighted by molar-refractivity contribution is 6.05. The highest BCUT2D eigenvalue weighted by Gasteiger charge is 2.48. The Labute approximate surface area is 157 Å².